The van der Waals surface area contributed by atoms with Crippen LogP contribution in [0, 0.1) is 5.92 Å². The molecule has 0 saturated heterocycles. The van der Waals surface area contributed by atoms with E-state index in [1.54, 1.807) is 6.92 Å². The number of ether oxygens (including phenoxy) is 1. The molecule has 0 fully saturated rings. The minimum Gasteiger partial charge on any atom is -0.481 e. The summed E-state index contributed by atoms with van der Waals surface area (Å²) in [6.45, 7) is 1.73. The van der Waals surface area contributed by atoms with E-state index in [2.05, 4.69) is 15.4 Å². The van der Waals surface area contributed by atoms with Crippen molar-refractivity contribution < 1.29 is 24.2 Å². The van der Waals surface area contributed by atoms with Gasteiger partial charge in [-0.2, -0.15) is 0 Å². The Morgan fingerprint density at radius 2 is 1.94 bits per heavy atom. The van der Waals surface area contributed by atoms with E-state index in [1.165, 1.54) is 7.11 Å². The number of nitrogens with one attached hydrogen (secondary N) is 2. The largest absolute Gasteiger partial charge is 0.481 e. The van der Waals surface area contributed by atoms with Crippen molar-refractivity contribution in [1.82, 2.24) is 10.6 Å². The molecule has 1 atom stereocenters. The Morgan fingerprint density at radius 3 is 2.44 bits per heavy atom. The highest BCUT2D eigenvalue weighted by Gasteiger charge is 2.09. The normalized spacial score (nSPS) is 11.4. The number of aliphatic carboxylic acids is 1. The highest BCUT2D eigenvalue weighted by atomic mass is 16.5. The lowest BCUT2D eigenvalue weighted by Gasteiger charge is -2.10. The molecule has 0 aliphatic heterocycles. The predicted octanol–water partition coefficient (Wildman–Crippen LogP) is -0.431. The van der Waals surface area contributed by atoms with Crippen molar-refractivity contribution in [3.63, 3.8) is 0 Å². The van der Waals surface area contributed by atoms with Gasteiger partial charge < -0.3 is 20.5 Å². The number of esters is 1. The van der Waals surface area contributed by atoms with Gasteiger partial charge >= 0.3 is 18.0 Å². The molecule has 2 amide bonds. The number of hydrogen-bond donors (Lipinski definition) is 3. The lowest BCUT2D eigenvalue weighted by molar-refractivity contribution is -0.139. The molecule has 0 rings (SSSR count). The van der Waals surface area contributed by atoms with E-state index in [4.69, 9.17) is 5.11 Å². The molecule has 7 nitrogen and oxygen atoms in total. The summed E-state index contributed by atoms with van der Waals surface area (Å²) in [4.78, 5) is 32.1. The van der Waals surface area contributed by atoms with Crippen LogP contribution in [0.2, 0.25) is 0 Å². The predicted molar refractivity (Wildman–Crippen MR) is 54.8 cm³/mol. The van der Waals surface area contributed by atoms with Gasteiger partial charge in [-0.1, -0.05) is 6.92 Å². The SMILES string of the molecule is COC(=O)CNC(=O)NCC(C)CC(=O)O. The van der Waals surface area contributed by atoms with Crippen molar-refractivity contribution in [3.05, 3.63) is 0 Å². The van der Waals surface area contributed by atoms with Gasteiger partial charge in [-0.05, 0) is 5.92 Å². The fourth-order valence-corrected chi connectivity index (χ4v) is 0.924. The maximum Gasteiger partial charge on any atom is 0.325 e. The first-order chi connectivity index (χ1) is 7.45. The smallest absolute Gasteiger partial charge is 0.325 e. The summed E-state index contributed by atoms with van der Waals surface area (Å²) in [5, 5.41) is 13.2. The minimum absolute atomic E-state index is 0.0166. The van der Waals surface area contributed by atoms with Gasteiger partial charge in [0.15, 0.2) is 0 Å². The van der Waals surface area contributed by atoms with E-state index in [-0.39, 0.29) is 25.4 Å². The molecule has 0 heterocycles. The van der Waals surface area contributed by atoms with E-state index in [1.807, 2.05) is 0 Å². The number of amides is 2. The van der Waals surface area contributed by atoms with Crippen LogP contribution in [0.4, 0.5) is 4.79 Å². The molecule has 0 aromatic heterocycles. The Hall–Kier alpha value is -1.79. The Kier molecular flexibility index (Phi) is 6.66. The van der Waals surface area contributed by atoms with E-state index < -0.39 is 18.0 Å². The molecule has 0 aromatic carbocycles. The Bertz CT molecular complexity index is 267. The molecule has 0 radical (unpaired) electrons. The van der Waals surface area contributed by atoms with E-state index >= 15 is 0 Å². The third-order valence-corrected chi connectivity index (χ3v) is 1.76. The van der Waals surface area contributed by atoms with Gasteiger partial charge in [-0.3, -0.25) is 9.59 Å². The van der Waals surface area contributed by atoms with Gasteiger partial charge in [-0.15, -0.1) is 0 Å². The van der Waals surface area contributed by atoms with Gasteiger partial charge in [0.1, 0.15) is 6.54 Å². The van der Waals surface area contributed by atoms with Crippen molar-refractivity contribution >= 4 is 18.0 Å². The minimum atomic E-state index is -0.913. The Morgan fingerprint density at radius 1 is 1.31 bits per heavy atom. The second-order valence-electron chi connectivity index (χ2n) is 3.34. The lowest BCUT2D eigenvalue weighted by Crippen LogP contribution is -2.40. The summed E-state index contributed by atoms with van der Waals surface area (Å²) in [5.74, 6) is -1.63. The van der Waals surface area contributed by atoms with Crippen molar-refractivity contribution in [3.8, 4) is 0 Å². The standard InChI is InChI=1S/C9H16N2O5/c1-6(3-7(12)13)4-10-9(15)11-5-8(14)16-2/h6H,3-5H2,1-2H3,(H,12,13)(H2,10,11,15). The molecule has 0 bridgehead atoms. The summed E-state index contributed by atoms with van der Waals surface area (Å²) in [7, 11) is 1.22. The van der Waals surface area contributed by atoms with Crippen LogP contribution in [0.1, 0.15) is 13.3 Å². The van der Waals surface area contributed by atoms with Crippen LogP contribution in [0.25, 0.3) is 0 Å². The van der Waals surface area contributed by atoms with Crippen molar-refractivity contribution in [1.29, 1.82) is 0 Å². The Labute approximate surface area is 93.2 Å². The first kappa shape index (κ1) is 14.2. The lowest BCUT2D eigenvalue weighted by atomic mass is 10.1. The molecule has 0 aromatic rings. The summed E-state index contributed by atoms with van der Waals surface area (Å²) in [6.07, 6.45) is -0.0166. The number of urea groups is 1. The molecule has 3 N–H and O–H groups in total. The third kappa shape index (κ3) is 7.60. The first-order valence-corrected chi connectivity index (χ1v) is 4.76. The molecule has 7 heteroatoms. The summed E-state index contributed by atoms with van der Waals surface area (Å²) in [6, 6.07) is -0.525. The molecule has 0 aliphatic rings. The number of hydrogen-bond acceptors (Lipinski definition) is 4. The van der Waals surface area contributed by atoms with Crippen LogP contribution >= 0.6 is 0 Å². The van der Waals surface area contributed by atoms with E-state index in [0.29, 0.717) is 0 Å². The maximum atomic E-state index is 11.1. The first-order valence-electron chi connectivity index (χ1n) is 4.76. The molecule has 1 unspecified atom stereocenters. The van der Waals surface area contributed by atoms with Crippen LogP contribution in [-0.2, 0) is 14.3 Å². The molecular weight excluding hydrogens is 216 g/mol. The molecule has 16 heavy (non-hydrogen) atoms. The van der Waals surface area contributed by atoms with Crippen molar-refractivity contribution in [2.45, 2.75) is 13.3 Å². The average molecular weight is 232 g/mol. The summed E-state index contributed by atoms with van der Waals surface area (Å²) in [5.41, 5.74) is 0. The fraction of sp³-hybridized carbons (Fsp3) is 0.667. The molecule has 0 aliphatic carbocycles. The molecule has 92 valence electrons. The zero-order valence-electron chi connectivity index (χ0n) is 9.28. The van der Waals surface area contributed by atoms with Gasteiger partial charge in [0.25, 0.3) is 0 Å². The van der Waals surface area contributed by atoms with Gasteiger partial charge in [0, 0.05) is 13.0 Å². The molecule has 0 saturated carbocycles. The zero-order chi connectivity index (χ0) is 12.6. The van der Waals surface area contributed by atoms with Crippen molar-refractivity contribution in [2.75, 3.05) is 20.2 Å². The van der Waals surface area contributed by atoms with Crippen LogP contribution < -0.4 is 10.6 Å². The second kappa shape index (κ2) is 7.49. The third-order valence-electron chi connectivity index (χ3n) is 1.76. The quantitative estimate of drug-likeness (QED) is 0.539. The fourth-order valence-electron chi connectivity index (χ4n) is 0.924. The highest BCUT2D eigenvalue weighted by Crippen LogP contribution is 1.98. The molecular formula is C9H16N2O5. The number of methoxy groups -OCH3 is 1. The molecule has 0 spiro atoms. The monoisotopic (exact) mass is 232 g/mol. The van der Waals surface area contributed by atoms with Gasteiger partial charge in [0.2, 0.25) is 0 Å². The average Bonchev–Trinajstić information content (AvgIpc) is 2.22. The number of carbonyl (C=O) groups excluding carboxylic acids is 2. The van der Waals surface area contributed by atoms with Crippen LogP contribution in [0.3, 0.4) is 0 Å². The Balaban J connectivity index is 3.64. The highest BCUT2D eigenvalue weighted by molar-refractivity contribution is 5.80. The summed E-state index contributed by atoms with van der Waals surface area (Å²) < 4.78 is 4.32. The number of rotatable bonds is 6. The number of carbonyl (C=O) groups is 3. The van der Waals surface area contributed by atoms with E-state index in [0.717, 1.165) is 0 Å². The van der Waals surface area contributed by atoms with Crippen molar-refractivity contribution in [2.24, 2.45) is 5.92 Å². The topological polar surface area (TPSA) is 105 Å². The van der Waals surface area contributed by atoms with Crippen LogP contribution in [0.15, 0.2) is 0 Å². The van der Waals surface area contributed by atoms with Gasteiger partial charge in [0.05, 0.1) is 7.11 Å². The second-order valence-corrected chi connectivity index (χ2v) is 3.34. The van der Waals surface area contributed by atoms with E-state index in [9.17, 15) is 14.4 Å². The maximum absolute atomic E-state index is 11.1. The van der Waals surface area contributed by atoms with Gasteiger partial charge in [-0.25, -0.2) is 4.79 Å². The number of carboxylic acids is 1. The summed E-state index contributed by atoms with van der Waals surface area (Å²) >= 11 is 0. The number of carboxylic acid groups (broad SMARTS) is 1. The van der Waals surface area contributed by atoms with Crippen LogP contribution in [-0.4, -0.2) is 43.3 Å². The zero-order valence-corrected chi connectivity index (χ0v) is 9.28. The van der Waals surface area contributed by atoms with Crippen LogP contribution in [0.5, 0.6) is 0 Å².